The van der Waals surface area contributed by atoms with Crippen molar-refractivity contribution in [2.45, 2.75) is 32.2 Å². The van der Waals surface area contributed by atoms with Crippen molar-refractivity contribution in [3.05, 3.63) is 28.2 Å². The number of nitrogens with two attached hydrogens (primary N) is 1. The Morgan fingerprint density at radius 1 is 1.33 bits per heavy atom. The molecule has 0 aromatic heterocycles. The van der Waals surface area contributed by atoms with E-state index in [2.05, 4.69) is 46.0 Å². The molecule has 1 saturated heterocycles. The lowest BCUT2D eigenvalue weighted by Gasteiger charge is -2.23. The highest BCUT2D eigenvalue weighted by molar-refractivity contribution is 9.10. The molecule has 2 rings (SSSR count). The highest BCUT2D eigenvalue weighted by Crippen LogP contribution is 2.26. The normalized spacial score (nSPS) is 20.0. The van der Waals surface area contributed by atoms with E-state index >= 15 is 0 Å². The summed E-state index contributed by atoms with van der Waals surface area (Å²) in [6, 6.07) is 6.42. The first-order valence-electron chi connectivity index (χ1n) is 7.40. The van der Waals surface area contributed by atoms with Gasteiger partial charge in [0.05, 0.1) is 11.5 Å². The van der Waals surface area contributed by atoms with Crippen LogP contribution in [0.15, 0.2) is 22.7 Å². The average molecular weight is 375 g/mol. The zero-order valence-electron chi connectivity index (χ0n) is 12.4. The topological polar surface area (TPSA) is 63.4 Å². The molecule has 1 fully saturated rings. The monoisotopic (exact) mass is 374 g/mol. The Morgan fingerprint density at radius 2 is 2.10 bits per heavy atom. The third-order valence-corrected chi connectivity index (χ3v) is 6.42. The molecule has 21 heavy (non-hydrogen) atoms. The van der Waals surface area contributed by atoms with E-state index in [0.717, 1.165) is 29.5 Å². The van der Waals surface area contributed by atoms with Gasteiger partial charge in [0.2, 0.25) is 0 Å². The van der Waals surface area contributed by atoms with Crippen LogP contribution in [-0.4, -0.2) is 39.1 Å². The maximum atomic E-state index is 11.7. The molecular weight excluding hydrogens is 352 g/mol. The van der Waals surface area contributed by atoms with Crippen LogP contribution in [0.25, 0.3) is 0 Å². The fourth-order valence-electron chi connectivity index (χ4n) is 2.52. The van der Waals surface area contributed by atoms with Crippen LogP contribution in [0.3, 0.4) is 0 Å². The summed E-state index contributed by atoms with van der Waals surface area (Å²) in [6.07, 6.45) is 2.51. The highest BCUT2D eigenvalue weighted by Gasteiger charge is 2.19. The molecule has 0 spiro atoms. The van der Waals surface area contributed by atoms with Gasteiger partial charge in [0.15, 0.2) is 9.84 Å². The molecule has 0 saturated carbocycles. The smallest absolute Gasteiger partial charge is 0.152 e. The second-order valence-corrected chi connectivity index (χ2v) is 8.80. The van der Waals surface area contributed by atoms with Crippen LogP contribution in [0.1, 0.15) is 25.3 Å². The van der Waals surface area contributed by atoms with Gasteiger partial charge in [-0.05, 0) is 37.0 Å². The SMILES string of the molecule is CCC(N)Cc1ccc(N2CCCS(=O)(=O)CC2)cc1Br. The van der Waals surface area contributed by atoms with E-state index in [1.54, 1.807) is 0 Å². The predicted molar refractivity (Wildman–Crippen MR) is 91.6 cm³/mol. The zero-order chi connectivity index (χ0) is 15.5. The van der Waals surface area contributed by atoms with Crippen molar-refractivity contribution in [1.82, 2.24) is 0 Å². The molecule has 0 amide bonds. The molecule has 2 N–H and O–H groups in total. The maximum Gasteiger partial charge on any atom is 0.152 e. The van der Waals surface area contributed by atoms with Gasteiger partial charge in [0.1, 0.15) is 0 Å². The van der Waals surface area contributed by atoms with Gasteiger partial charge in [0.25, 0.3) is 0 Å². The first-order chi connectivity index (χ1) is 9.91. The summed E-state index contributed by atoms with van der Waals surface area (Å²) in [5.74, 6) is 0.543. The number of hydrogen-bond acceptors (Lipinski definition) is 4. The van der Waals surface area contributed by atoms with E-state index in [1.807, 2.05) is 0 Å². The van der Waals surface area contributed by atoms with Gasteiger partial charge in [-0.2, -0.15) is 0 Å². The number of halogens is 1. The van der Waals surface area contributed by atoms with E-state index in [4.69, 9.17) is 5.73 Å². The lowest BCUT2D eigenvalue weighted by molar-refractivity contribution is 0.597. The van der Waals surface area contributed by atoms with Crippen molar-refractivity contribution >= 4 is 31.5 Å². The fourth-order valence-corrected chi connectivity index (χ4v) is 4.32. The average Bonchev–Trinajstić information content (AvgIpc) is 2.62. The molecule has 1 aromatic carbocycles. The first-order valence-corrected chi connectivity index (χ1v) is 10.0. The predicted octanol–water partition coefficient (Wildman–Crippen LogP) is 2.35. The lowest BCUT2D eigenvalue weighted by Crippen LogP contribution is -2.27. The summed E-state index contributed by atoms with van der Waals surface area (Å²) in [5, 5.41) is 0. The van der Waals surface area contributed by atoms with E-state index < -0.39 is 9.84 Å². The molecule has 0 radical (unpaired) electrons. The minimum Gasteiger partial charge on any atom is -0.370 e. The fraction of sp³-hybridized carbons (Fsp3) is 0.600. The number of sulfone groups is 1. The van der Waals surface area contributed by atoms with Crippen molar-refractivity contribution in [3.63, 3.8) is 0 Å². The Bertz CT molecular complexity index is 589. The van der Waals surface area contributed by atoms with Gasteiger partial charge in [-0.3, -0.25) is 0 Å². The Hall–Kier alpha value is -0.590. The summed E-state index contributed by atoms with van der Waals surface area (Å²) in [5.41, 5.74) is 8.29. The van der Waals surface area contributed by atoms with E-state index in [9.17, 15) is 8.42 Å². The molecule has 118 valence electrons. The van der Waals surface area contributed by atoms with Crippen LogP contribution in [-0.2, 0) is 16.3 Å². The number of anilines is 1. The van der Waals surface area contributed by atoms with Crippen LogP contribution in [0, 0.1) is 0 Å². The Kier molecular flexibility index (Phi) is 5.68. The molecule has 1 aliphatic rings. The quantitative estimate of drug-likeness (QED) is 0.878. The van der Waals surface area contributed by atoms with Crippen LogP contribution in [0.4, 0.5) is 5.69 Å². The second kappa shape index (κ2) is 7.11. The van der Waals surface area contributed by atoms with Crippen LogP contribution >= 0.6 is 15.9 Å². The molecule has 1 aromatic rings. The molecule has 4 nitrogen and oxygen atoms in total. The molecule has 1 aliphatic heterocycles. The molecule has 1 atom stereocenters. The third kappa shape index (κ3) is 4.69. The molecule has 0 bridgehead atoms. The van der Waals surface area contributed by atoms with Gasteiger partial charge in [0, 0.05) is 29.3 Å². The van der Waals surface area contributed by atoms with Crippen LogP contribution in [0.2, 0.25) is 0 Å². The second-order valence-electron chi connectivity index (χ2n) is 5.64. The van der Waals surface area contributed by atoms with Crippen molar-refractivity contribution < 1.29 is 8.42 Å². The van der Waals surface area contributed by atoms with E-state index in [-0.39, 0.29) is 11.8 Å². The van der Waals surface area contributed by atoms with Gasteiger partial charge >= 0.3 is 0 Å². The molecule has 1 heterocycles. The van der Waals surface area contributed by atoms with Crippen molar-refractivity contribution in [2.24, 2.45) is 5.73 Å². The number of nitrogens with zero attached hydrogens (tertiary/aromatic N) is 1. The van der Waals surface area contributed by atoms with Gasteiger partial charge in [-0.15, -0.1) is 0 Å². The zero-order valence-corrected chi connectivity index (χ0v) is 14.8. The minimum absolute atomic E-state index is 0.176. The minimum atomic E-state index is -2.87. The molecule has 1 unspecified atom stereocenters. The van der Waals surface area contributed by atoms with E-state index in [1.165, 1.54) is 5.56 Å². The summed E-state index contributed by atoms with van der Waals surface area (Å²) >= 11 is 3.61. The number of rotatable bonds is 4. The number of benzene rings is 1. The largest absolute Gasteiger partial charge is 0.370 e. The highest BCUT2D eigenvalue weighted by atomic mass is 79.9. The van der Waals surface area contributed by atoms with Gasteiger partial charge in [-0.1, -0.05) is 28.9 Å². The van der Waals surface area contributed by atoms with Crippen LogP contribution < -0.4 is 10.6 Å². The standard InChI is InChI=1S/C15H23BrN2O2S/c1-2-13(17)10-12-4-5-14(11-15(12)16)18-6-3-8-21(19,20)9-7-18/h4-5,11,13H,2-3,6-10,17H2,1H3. The number of hydrogen-bond donors (Lipinski definition) is 1. The van der Waals surface area contributed by atoms with Crippen molar-refractivity contribution in [3.8, 4) is 0 Å². The third-order valence-electron chi connectivity index (χ3n) is 3.96. The van der Waals surface area contributed by atoms with Crippen molar-refractivity contribution in [2.75, 3.05) is 29.5 Å². The van der Waals surface area contributed by atoms with Gasteiger partial charge < -0.3 is 10.6 Å². The maximum absolute atomic E-state index is 11.7. The van der Waals surface area contributed by atoms with Gasteiger partial charge in [-0.25, -0.2) is 8.42 Å². The summed E-state index contributed by atoms with van der Waals surface area (Å²) in [4.78, 5) is 2.15. The first kappa shape index (κ1) is 16.8. The Balaban J connectivity index is 2.12. The molecule has 0 aliphatic carbocycles. The van der Waals surface area contributed by atoms with Crippen molar-refractivity contribution in [1.29, 1.82) is 0 Å². The van der Waals surface area contributed by atoms with Crippen LogP contribution in [0.5, 0.6) is 0 Å². The van der Waals surface area contributed by atoms with E-state index in [0.29, 0.717) is 18.7 Å². The lowest BCUT2D eigenvalue weighted by atomic mass is 10.0. The Labute approximate surface area is 135 Å². The summed E-state index contributed by atoms with van der Waals surface area (Å²) in [6.45, 7) is 3.45. The molecule has 6 heteroatoms. The molecular formula is C15H23BrN2O2S. The summed E-state index contributed by atoms with van der Waals surface area (Å²) in [7, 11) is -2.87. The Morgan fingerprint density at radius 3 is 2.76 bits per heavy atom. The summed E-state index contributed by atoms with van der Waals surface area (Å²) < 4.78 is 24.4.